The van der Waals surface area contributed by atoms with Crippen molar-refractivity contribution in [3.05, 3.63) is 18.2 Å². The van der Waals surface area contributed by atoms with Crippen LogP contribution < -0.4 is 14.8 Å². The first-order valence-corrected chi connectivity index (χ1v) is 9.80. The number of hydrogen-bond acceptors (Lipinski definition) is 6. The van der Waals surface area contributed by atoms with Crippen molar-refractivity contribution in [2.75, 3.05) is 36.4 Å². The first kappa shape index (κ1) is 15.3. The molecule has 2 heterocycles. The van der Waals surface area contributed by atoms with Gasteiger partial charge in [0.2, 0.25) is 6.79 Å². The summed E-state index contributed by atoms with van der Waals surface area (Å²) in [6, 6.07) is 4.64. The highest BCUT2D eigenvalue weighted by atomic mass is 32.2. The Morgan fingerprint density at radius 2 is 2.14 bits per heavy atom. The highest BCUT2D eigenvalue weighted by molar-refractivity contribution is 8.00. The minimum Gasteiger partial charge on any atom is -0.454 e. The van der Waals surface area contributed by atoms with Crippen LogP contribution in [0.25, 0.3) is 0 Å². The molecule has 1 fully saturated rings. The zero-order valence-corrected chi connectivity index (χ0v) is 13.6. The second kappa shape index (κ2) is 5.88. The SMILES string of the molecule is CS(=O)(=O)[C@@H]1CSCCN1C(=O)Nc1ccc2c(c1)OCO2. The molecule has 9 heteroatoms. The minimum atomic E-state index is -3.32. The van der Waals surface area contributed by atoms with E-state index in [0.717, 1.165) is 12.0 Å². The van der Waals surface area contributed by atoms with Gasteiger partial charge in [-0.05, 0) is 12.1 Å². The van der Waals surface area contributed by atoms with Crippen LogP contribution in [0.2, 0.25) is 0 Å². The third-order valence-electron chi connectivity index (χ3n) is 3.46. The molecule has 1 aromatic rings. The molecule has 0 unspecified atom stereocenters. The van der Waals surface area contributed by atoms with E-state index in [1.54, 1.807) is 18.2 Å². The Kier molecular flexibility index (Phi) is 4.09. The maximum atomic E-state index is 12.4. The highest BCUT2D eigenvalue weighted by Gasteiger charge is 2.34. The number of rotatable bonds is 2. The van der Waals surface area contributed by atoms with Gasteiger partial charge in [0.05, 0.1) is 0 Å². The molecule has 0 aromatic heterocycles. The van der Waals surface area contributed by atoms with Crippen LogP contribution in [-0.2, 0) is 9.84 Å². The molecule has 0 saturated carbocycles. The lowest BCUT2D eigenvalue weighted by atomic mass is 10.3. The molecule has 22 heavy (non-hydrogen) atoms. The number of urea groups is 1. The number of hydrogen-bond donors (Lipinski definition) is 1. The summed E-state index contributed by atoms with van der Waals surface area (Å²) in [5.74, 6) is 2.31. The predicted molar refractivity (Wildman–Crippen MR) is 84.2 cm³/mol. The molecule has 120 valence electrons. The maximum absolute atomic E-state index is 12.4. The van der Waals surface area contributed by atoms with Gasteiger partial charge in [-0.2, -0.15) is 11.8 Å². The number of nitrogens with zero attached hydrogens (tertiary/aromatic N) is 1. The van der Waals surface area contributed by atoms with Crippen molar-refractivity contribution in [2.24, 2.45) is 0 Å². The number of sulfone groups is 1. The highest BCUT2D eigenvalue weighted by Crippen LogP contribution is 2.34. The predicted octanol–water partition coefficient (Wildman–Crippen LogP) is 1.37. The number of benzene rings is 1. The molecular weight excluding hydrogens is 328 g/mol. The van der Waals surface area contributed by atoms with Crippen molar-refractivity contribution in [2.45, 2.75) is 5.37 Å². The van der Waals surface area contributed by atoms with Crippen LogP contribution in [0.5, 0.6) is 11.5 Å². The molecule has 0 spiro atoms. The number of amides is 2. The van der Waals surface area contributed by atoms with Gasteiger partial charge in [-0.15, -0.1) is 0 Å². The second-order valence-corrected chi connectivity index (χ2v) is 8.40. The number of nitrogens with one attached hydrogen (secondary N) is 1. The topological polar surface area (TPSA) is 84.9 Å². The number of ether oxygens (including phenoxy) is 2. The zero-order valence-electron chi connectivity index (χ0n) is 11.9. The van der Waals surface area contributed by atoms with Gasteiger partial charge < -0.3 is 19.7 Å². The van der Waals surface area contributed by atoms with Crippen molar-refractivity contribution in [3.8, 4) is 11.5 Å². The summed E-state index contributed by atoms with van der Waals surface area (Å²) in [6.45, 7) is 0.561. The normalized spacial score (nSPS) is 20.8. The molecule has 0 radical (unpaired) electrons. The molecule has 2 amide bonds. The lowest BCUT2D eigenvalue weighted by Gasteiger charge is -2.33. The van der Waals surface area contributed by atoms with E-state index < -0.39 is 21.2 Å². The Hall–Kier alpha value is -1.61. The lowest BCUT2D eigenvalue weighted by Crippen LogP contribution is -2.51. The fourth-order valence-corrected chi connectivity index (χ4v) is 5.15. The van der Waals surface area contributed by atoms with Crippen molar-refractivity contribution >= 4 is 33.3 Å². The quantitative estimate of drug-likeness (QED) is 0.872. The van der Waals surface area contributed by atoms with Gasteiger partial charge in [0.25, 0.3) is 0 Å². The summed E-state index contributed by atoms with van der Waals surface area (Å²) < 4.78 is 34.1. The van der Waals surface area contributed by atoms with E-state index in [2.05, 4.69) is 5.32 Å². The van der Waals surface area contributed by atoms with E-state index in [1.807, 2.05) is 0 Å². The van der Waals surface area contributed by atoms with Crippen molar-refractivity contribution in [1.82, 2.24) is 4.90 Å². The van der Waals surface area contributed by atoms with Gasteiger partial charge in [-0.1, -0.05) is 0 Å². The van der Waals surface area contributed by atoms with Crippen LogP contribution >= 0.6 is 11.8 Å². The summed E-state index contributed by atoms with van der Waals surface area (Å²) in [7, 11) is -3.32. The van der Waals surface area contributed by atoms with Crippen LogP contribution in [0.15, 0.2) is 18.2 Å². The van der Waals surface area contributed by atoms with Gasteiger partial charge >= 0.3 is 6.03 Å². The summed E-state index contributed by atoms with van der Waals surface area (Å²) in [4.78, 5) is 13.8. The minimum absolute atomic E-state index is 0.159. The van der Waals surface area contributed by atoms with Gasteiger partial charge in [-0.3, -0.25) is 0 Å². The zero-order chi connectivity index (χ0) is 15.7. The monoisotopic (exact) mass is 344 g/mol. The number of carbonyl (C=O) groups is 1. The van der Waals surface area contributed by atoms with Gasteiger partial charge in [0.1, 0.15) is 5.37 Å². The number of fused-ring (bicyclic) bond motifs is 1. The van der Waals surface area contributed by atoms with E-state index in [9.17, 15) is 13.2 Å². The van der Waals surface area contributed by atoms with Crippen molar-refractivity contribution in [3.63, 3.8) is 0 Å². The van der Waals surface area contributed by atoms with E-state index in [0.29, 0.717) is 29.5 Å². The average molecular weight is 344 g/mol. The van der Waals surface area contributed by atoms with E-state index in [-0.39, 0.29) is 6.79 Å². The molecule has 0 bridgehead atoms. The third kappa shape index (κ3) is 3.09. The molecule has 2 aliphatic heterocycles. The van der Waals surface area contributed by atoms with Gasteiger partial charge in [0, 0.05) is 36.1 Å². The number of anilines is 1. The standard InChI is InChI=1S/C13H16N2O5S2/c1-22(17,18)12-7-21-5-4-15(12)13(16)14-9-2-3-10-11(6-9)20-8-19-10/h2-3,6,12H,4-5,7-8H2,1H3,(H,14,16)/t12-/m1/s1. The van der Waals surface area contributed by atoms with Crippen molar-refractivity contribution < 1.29 is 22.7 Å². The van der Waals surface area contributed by atoms with Crippen molar-refractivity contribution in [1.29, 1.82) is 0 Å². The Morgan fingerprint density at radius 1 is 1.36 bits per heavy atom. The summed E-state index contributed by atoms with van der Waals surface area (Å²) in [6.07, 6.45) is 1.16. The molecule has 7 nitrogen and oxygen atoms in total. The summed E-state index contributed by atoms with van der Waals surface area (Å²) in [5.41, 5.74) is 0.541. The molecule has 3 rings (SSSR count). The Morgan fingerprint density at radius 3 is 2.91 bits per heavy atom. The first-order valence-electron chi connectivity index (χ1n) is 6.69. The lowest BCUT2D eigenvalue weighted by molar-refractivity contribution is 0.174. The number of thioether (sulfide) groups is 1. The summed E-state index contributed by atoms with van der Waals surface area (Å²) >= 11 is 1.54. The summed E-state index contributed by atoms with van der Waals surface area (Å²) in [5, 5.41) is 1.93. The Labute approximate surface area is 132 Å². The molecule has 1 aromatic carbocycles. The second-order valence-electron chi connectivity index (χ2n) is 5.05. The molecule has 2 aliphatic rings. The van der Waals surface area contributed by atoms with E-state index in [1.165, 1.54) is 16.7 Å². The fraction of sp³-hybridized carbons (Fsp3) is 0.462. The van der Waals surface area contributed by atoms with E-state index in [4.69, 9.17) is 9.47 Å². The molecule has 1 N–H and O–H groups in total. The largest absolute Gasteiger partial charge is 0.454 e. The Balaban J connectivity index is 1.75. The van der Waals surface area contributed by atoms with Crippen LogP contribution in [0.4, 0.5) is 10.5 Å². The molecule has 1 saturated heterocycles. The maximum Gasteiger partial charge on any atom is 0.322 e. The third-order valence-corrected chi connectivity index (χ3v) is 6.11. The van der Waals surface area contributed by atoms with Crippen LogP contribution in [0.1, 0.15) is 0 Å². The van der Waals surface area contributed by atoms with Gasteiger partial charge in [-0.25, -0.2) is 13.2 Å². The smallest absolute Gasteiger partial charge is 0.322 e. The van der Waals surface area contributed by atoms with Crippen LogP contribution in [-0.4, -0.2) is 55.8 Å². The molecule has 1 atom stereocenters. The Bertz CT molecular complexity index is 692. The van der Waals surface area contributed by atoms with Crippen LogP contribution in [0.3, 0.4) is 0 Å². The first-order chi connectivity index (χ1) is 10.4. The van der Waals surface area contributed by atoms with Gasteiger partial charge in [0.15, 0.2) is 21.3 Å². The van der Waals surface area contributed by atoms with E-state index >= 15 is 0 Å². The molecular formula is C13H16N2O5S2. The average Bonchev–Trinajstić information content (AvgIpc) is 2.94. The van der Waals surface area contributed by atoms with Crippen LogP contribution in [0, 0.1) is 0 Å². The number of carbonyl (C=O) groups excluding carboxylic acids is 1. The fourth-order valence-electron chi connectivity index (χ4n) is 2.34. The molecule has 0 aliphatic carbocycles.